The predicted molar refractivity (Wildman–Crippen MR) is 134 cm³/mol. The number of pyridine rings is 1. The first-order valence-corrected chi connectivity index (χ1v) is 12.5. The maximum absolute atomic E-state index is 12.3. The fourth-order valence-corrected chi connectivity index (χ4v) is 4.51. The van der Waals surface area contributed by atoms with E-state index in [9.17, 15) is 13.2 Å². The molecule has 0 bridgehead atoms. The number of ether oxygens (including phenoxy) is 1. The second kappa shape index (κ2) is 9.89. The van der Waals surface area contributed by atoms with Crippen LogP contribution in [0.4, 0.5) is 5.69 Å². The Morgan fingerprint density at radius 1 is 0.882 bits per heavy atom. The monoisotopic (exact) mass is 472 g/mol. The number of nitrogens with zero attached hydrogens (tertiary/aromatic N) is 1. The first kappa shape index (κ1) is 23.2. The number of para-hydroxylation sites is 1. The lowest BCUT2D eigenvalue weighted by atomic mass is 9.95. The van der Waals surface area contributed by atoms with Crippen LogP contribution in [-0.2, 0) is 14.6 Å². The van der Waals surface area contributed by atoms with E-state index in [-0.39, 0.29) is 16.6 Å². The molecule has 0 aliphatic heterocycles. The van der Waals surface area contributed by atoms with E-state index in [0.717, 1.165) is 11.1 Å². The minimum Gasteiger partial charge on any atom is -0.456 e. The molecule has 3 aromatic carbocycles. The molecule has 4 aromatic rings. The van der Waals surface area contributed by atoms with Crippen LogP contribution in [0, 0.1) is 0 Å². The lowest BCUT2D eigenvalue weighted by Gasteiger charge is -2.20. The minimum absolute atomic E-state index is 0.0172. The molecule has 7 heteroatoms. The first-order chi connectivity index (χ1) is 16.4. The van der Waals surface area contributed by atoms with E-state index >= 15 is 0 Å². The summed E-state index contributed by atoms with van der Waals surface area (Å²) >= 11 is 0. The Morgan fingerprint density at radius 2 is 1.56 bits per heavy atom. The number of benzene rings is 3. The number of aromatic nitrogens is 1. The zero-order valence-corrected chi connectivity index (χ0v) is 19.7. The third-order valence-corrected chi connectivity index (χ3v) is 7.06. The lowest BCUT2D eigenvalue weighted by Crippen LogP contribution is -2.08. The number of nitrogens with one attached hydrogen (secondary N) is 1. The van der Waals surface area contributed by atoms with Crippen LogP contribution in [0.15, 0.2) is 96.2 Å². The number of hydrogen-bond acceptors (Lipinski definition) is 5. The molecule has 0 radical (unpaired) electrons. The molecular weight excluding hydrogens is 448 g/mol. The van der Waals surface area contributed by atoms with Gasteiger partial charge in [-0.3, -0.25) is 9.78 Å². The van der Waals surface area contributed by atoms with Gasteiger partial charge in [0.1, 0.15) is 11.5 Å². The largest absolute Gasteiger partial charge is 0.456 e. The maximum Gasteiger partial charge on any atom is 0.221 e. The molecular formula is C27H24N2O4S. The van der Waals surface area contributed by atoms with E-state index in [1.165, 1.54) is 6.92 Å². The Bertz CT molecular complexity index is 1400. The number of rotatable bonds is 7. The van der Waals surface area contributed by atoms with Crippen LogP contribution >= 0.6 is 0 Å². The number of anilines is 1. The summed E-state index contributed by atoms with van der Waals surface area (Å²) in [6, 6.07) is 23.5. The summed E-state index contributed by atoms with van der Waals surface area (Å²) in [5.41, 5.74) is 3.61. The predicted octanol–water partition coefficient (Wildman–Crippen LogP) is 5.96. The maximum atomic E-state index is 12.3. The Hall–Kier alpha value is -3.97. The second-order valence-electron chi connectivity index (χ2n) is 7.62. The van der Waals surface area contributed by atoms with Crippen molar-refractivity contribution in [3.05, 3.63) is 91.3 Å². The van der Waals surface area contributed by atoms with Crippen LogP contribution in [0.25, 0.3) is 22.3 Å². The van der Waals surface area contributed by atoms with Crippen molar-refractivity contribution in [2.75, 3.05) is 11.1 Å². The summed E-state index contributed by atoms with van der Waals surface area (Å²) < 4.78 is 31.0. The van der Waals surface area contributed by atoms with Crippen molar-refractivity contribution in [3.8, 4) is 33.8 Å². The smallest absolute Gasteiger partial charge is 0.221 e. The standard InChI is InChI=1S/C27H24N2O4S/c1-3-34(31,32)23-11-9-21(10-12-23)26-25(29-19(2)30)14-13-24(20-15-17-28-18-16-20)27(26)33-22-7-5-4-6-8-22/h4-18H,3H2,1-2H3,(H,29,30). The summed E-state index contributed by atoms with van der Waals surface area (Å²) in [5, 5.41) is 2.88. The van der Waals surface area contributed by atoms with Crippen LogP contribution in [0.2, 0.25) is 0 Å². The highest BCUT2D eigenvalue weighted by Gasteiger charge is 2.20. The van der Waals surface area contributed by atoms with Crippen LogP contribution < -0.4 is 10.1 Å². The Kier molecular flexibility index (Phi) is 6.75. The number of hydrogen-bond donors (Lipinski definition) is 1. The molecule has 0 saturated heterocycles. The summed E-state index contributed by atoms with van der Waals surface area (Å²) in [6.45, 7) is 3.05. The first-order valence-electron chi connectivity index (χ1n) is 10.8. The van der Waals surface area contributed by atoms with Gasteiger partial charge in [0.25, 0.3) is 0 Å². The van der Waals surface area contributed by atoms with Crippen molar-refractivity contribution in [3.63, 3.8) is 0 Å². The molecule has 0 saturated carbocycles. The molecule has 0 fully saturated rings. The molecule has 0 atom stereocenters. The van der Waals surface area contributed by atoms with Crippen molar-refractivity contribution in [2.45, 2.75) is 18.7 Å². The topological polar surface area (TPSA) is 85.4 Å². The van der Waals surface area contributed by atoms with Gasteiger partial charge in [-0.2, -0.15) is 0 Å². The van der Waals surface area contributed by atoms with Crippen molar-refractivity contribution in [1.29, 1.82) is 0 Å². The van der Waals surface area contributed by atoms with Gasteiger partial charge < -0.3 is 10.1 Å². The molecule has 0 spiro atoms. The van der Waals surface area contributed by atoms with Crippen molar-refractivity contribution in [2.24, 2.45) is 0 Å². The highest BCUT2D eigenvalue weighted by atomic mass is 32.2. The van der Waals surface area contributed by atoms with E-state index in [4.69, 9.17) is 4.74 Å². The van der Waals surface area contributed by atoms with Gasteiger partial charge in [0.2, 0.25) is 5.91 Å². The average Bonchev–Trinajstić information content (AvgIpc) is 2.85. The molecule has 172 valence electrons. The Balaban J connectivity index is 1.97. The second-order valence-corrected chi connectivity index (χ2v) is 9.90. The van der Waals surface area contributed by atoms with E-state index in [1.807, 2.05) is 54.6 Å². The van der Waals surface area contributed by atoms with Gasteiger partial charge in [0.05, 0.1) is 16.3 Å². The fourth-order valence-electron chi connectivity index (χ4n) is 3.63. The quantitative estimate of drug-likeness (QED) is 0.359. The summed E-state index contributed by atoms with van der Waals surface area (Å²) in [7, 11) is -3.34. The molecule has 1 heterocycles. The Morgan fingerprint density at radius 3 is 2.18 bits per heavy atom. The molecule has 1 amide bonds. The number of carbonyl (C=O) groups excluding carboxylic acids is 1. The fraction of sp³-hybridized carbons (Fsp3) is 0.111. The van der Waals surface area contributed by atoms with Gasteiger partial charge in [-0.05, 0) is 59.7 Å². The number of sulfone groups is 1. The number of carbonyl (C=O) groups is 1. The normalized spacial score (nSPS) is 11.1. The molecule has 4 rings (SSSR count). The van der Waals surface area contributed by atoms with Crippen LogP contribution in [-0.4, -0.2) is 25.1 Å². The molecule has 0 aliphatic carbocycles. The van der Waals surface area contributed by atoms with Crippen LogP contribution in [0.3, 0.4) is 0 Å². The Labute approximate surface area is 199 Å². The van der Waals surface area contributed by atoms with E-state index in [1.54, 1.807) is 43.6 Å². The van der Waals surface area contributed by atoms with Gasteiger partial charge >= 0.3 is 0 Å². The lowest BCUT2D eigenvalue weighted by molar-refractivity contribution is -0.114. The van der Waals surface area contributed by atoms with Gasteiger partial charge in [0.15, 0.2) is 9.84 Å². The average molecular weight is 473 g/mol. The molecule has 34 heavy (non-hydrogen) atoms. The molecule has 6 nitrogen and oxygen atoms in total. The zero-order valence-electron chi connectivity index (χ0n) is 18.9. The molecule has 0 unspecified atom stereocenters. The SMILES string of the molecule is CCS(=O)(=O)c1ccc(-c2c(NC(C)=O)ccc(-c3ccncc3)c2Oc2ccccc2)cc1. The minimum atomic E-state index is -3.34. The van der Waals surface area contributed by atoms with E-state index in [2.05, 4.69) is 10.3 Å². The van der Waals surface area contributed by atoms with Crippen LogP contribution in [0.1, 0.15) is 13.8 Å². The molecule has 1 aromatic heterocycles. The highest BCUT2D eigenvalue weighted by Crippen LogP contribution is 2.45. The van der Waals surface area contributed by atoms with Gasteiger partial charge in [-0.25, -0.2) is 8.42 Å². The van der Waals surface area contributed by atoms with E-state index in [0.29, 0.717) is 28.3 Å². The highest BCUT2D eigenvalue weighted by molar-refractivity contribution is 7.91. The number of amides is 1. The zero-order chi connectivity index (χ0) is 24.1. The third kappa shape index (κ3) is 5.00. The van der Waals surface area contributed by atoms with Crippen molar-refractivity contribution >= 4 is 21.4 Å². The van der Waals surface area contributed by atoms with E-state index < -0.39 is 9.84 Å². The van der Waals surface area contributed by atoms with Crippen molar-refractivity contribution < 1.29 is 17.9 Å². The van der Waals surface area contributed by atoms with Crippen molar-refractivity contribution in [1.82, 2.24) is 4.98 Å². The molecule has 1 N–H and O–H groups in total. The third-order valence-electron chi connectivity index (χ3n) is 5.30. The summed E-state index contributed by atoms with van der Waals surface area (Å²) in [4.78, 5) is 16.4. The van der Waals surface area contributed by atoms with Gasteiger partial charge in [-0.15, -0.1) is 0 Å². The van der Waals surface area contributed by atoms with Gasteiger partial charge in [0, 0.05) is 30.4 Å². The molecule has 0 aliphatic rings. The summed E-state index contributed by atoms with van der Waals surface area (Å²) in [5.74, 6) is 0.955. The summed E-state index contributed by atoms with van der Waals surface area (Å²) in [6.07, 6.45) is 3.40. The van der Waals surface area contributed by atoms with Gasteiger partial charge in [-0.1, -0.05) is 37.3 Å². The van der Waals surface area contributed by atoms with Crippen LogP contribution in [0.5, 0.6) is 11.5 Å².